The summed E-state index contributed by atoms with van der Waals surface area (Å²) in [5, 5.41) is 6.99. The number of carbonyl (C=O) groups excluding carboxylic acids is 1. The summed E-state index contributed by atoms with van der Waals surface area (Å²) >= 11 is 0. The molecule has 2 aliphatic heterocycles. The average molecular weight is 423 g/mol. The maximum atomic E-state index is 13.3. The molecule has 1 amide bonds. The zero-order chi connectivity index (χ0) is 20.7. The maximum absolute atomic E-state index is 13.3. The van der Waals surface area contributed by atoms with E-state index < -0.39 is 10.0 Å². The minimum atomic E-state index is -3.68. The molecule has 1 aromatic heterocycles. The highest BCUT2D eigenvalue weighted by Crippen LogP contribution is 2.26. The van der Waals surface area contributed by atoms with Crippen LogP contribution in [0.5, 0.6) is 0 Å². The van der Waals surface area contributed by atoms with E-state index in [1.165, 1.54) is 15.9 Å². The second-order valence-electron chi connectivity index (χ2n) is 7.74. The minimum absolute atomic E-state index is 0.161. The lowest BCUT2D eigenvalue weighted by atomic mass is 10.0. The molecule has 2 aliphatic rings. The maximum Gasteiger partial charge on any atom is 0.254 e. The largest absolute Gasteiger partial charge is 0.334 e. The van der Waals surface area contributed by atoms with E-state index in [9.17, 15) is 13.2 Å². The molecule has 0 fully saturated rings. The molecule has 0 unspecified atom stereocenters. The molecular weight excluding hydrogens is 400 g/mol. The van der Waals surface area contributed by atoms with Crippen LogP contribution in [0.2, 0.25) is 0 Å². The van der Waals surface area contributed by atoms with E-state index in [4.69, 9.17) is 0 Å². The third kappa shape index (κ3) is 3.32. The number of carbonyl (C=O) groups is 1. The van der Waals surface area contributed by atoms with Crippen LogP contribution in [-0.2, 0) is 36.0 Å². The number of H-pyrrole nitrogens is 1. The number of amides is 1. The van der Waals surface area contributed by atoms with Gasteiger partial charge in [-0.05, 0) is 35.7 Å². The van der Waals surface area contributed by atoms with Crippen molar-refractivity contribution in [3.63, 3.8) is 0 Å². The van der Waals surface area contributed by atoms with Gasteiger partial charge in [0.25, 0.3) is 5.91 Å². The monoisotopic (exact) mass is 422 g/mol. The molecule has 0 radical (unpaired) electrons. The first-order valence-electron chi connectivity index (χ1n) is 10.00. The summed E-state index contributed by atoms with van der Waals surface area (Å²) in [4.78, 5) is 14.9. The van der Waals surface area contributed by atoms with Gasteiger partial charge < -0.3 is 4.90 Å². The van der Waals surface area contributed by atoms with Crippen LogP contribution in [0.1, 0.15) is 32.7 Å². The number of aromatic amines is 1. The third-order valence-corrected chi connectivity index (χ3v) is 7.74. The van der Waals surface area contributed by atoms with E-state index in [1.54, 1.807) is 29.3 Å². The Morgan fingerprint density at radius 2 is 1.77 bits per heavy atom. The Morgan fingerprint density at radius 1 is 0.933 bits per heavy atom. The molecule has 154 valence electrons. The van der Waals surface area contributed by atoms with Crippen molar-refractivity contribution in [2.45, 2.75) is 30.8 Å². The summed E-state index contributed by atoms with van der Waals surface area (Å²) in [6.07, 6.45) is 3.14. The second kappa shape index (κ2) is 7.37. The number of hydrogen-bond acceptors (Lipinski definition) is 4. The summed E-state index contributed by atoms with van der Waals surface area (Å²) in [7, 11) is -3.68. The highest BCUT2D eigenvalue weighted by molar-refractivity contribution is 7.89. The van der Waals surface area contributed by atoms with E-state index in [0.717, 1.165) is 16.8 Å². The zero-order valence-corrected chi connectivity index (χ0v) is 17.2. The van der Waals surface area contributed by atoms with Gasteiger partial charge in [0, 0.05) is 49.4 Å². The van der Waals surface area contributed by atoms with Crippen LogP contribution in [0.15, 0.2) is 59.6 Å². The Hall–Kier alpha value is -2.97. The topological polar surface area (TPSA) is 86.4 Å². The fourth-order valence-electron chi connectivity index (χ4n) is 4.19. The lowest BCUT2D eigenvalue weighted by Crippen LogP contribution is -2.37. The SMILES string of the molecule is O=C(c1cccc(S(=O)(=O)N2CCc3ccccc3C2)c1)N1CCc2[nH]ncc2C1. The van der Waals surface area contributed by atoms with E-state index in [-0.39, 0.29) is 10.8 Å². The molecule has 1 N–H and O–H groups in total. The van der Waals surface area contributed by atoms with Gasteiger partial charge in [-0.3, -0.25) is 9.89 Å². The van der Waals surface area contributed by atoms with Gasteiger partial charge >= 0.3 is 0 Å². The molecule has 8 heteroatoms. The first-order chi connectivity index (χ1) is 14.5. The molecule has 0 aliphatic carbocycles. The molecule has 0 saturated carbocycles. The van der Waals surface area contributed by atoms with Gasteiger partial charge in [-0.15, -0.1) is 0 Å². The molecule has 0 bridgehead atoms. The van der Waals surface area contributed by atoms with Gasteiger partial charge in [-0.2, -0.15) is 9.40 Å². The molecule has 0 atom stereocenters. The summed E-state index contributed by atoms with van der Waals surface area (Å²) in [5.41, 5.74) is 4.67. The highest BCUT2D eigenvalue weighted by atomic mass is 32.2. The molecule has 3 heterocycles. The van der Waals surface area contributed by atoms with Gasteiger partial charge in [0.15, 0.2) is 0 Å². The zero-order valence-electron chi connectivity index (χ0n) is 16.4. The predicted octanol–water partition coefficient (Wildman–Crippen LogP) is 2.36. The summed E-state index contributed by atoms with van der Waals surface area (Å²) < 4.78 is 28.0. The molecule has 2 aromatic carbocycles. The average Bonchev–Trinajstić information content (AvgIpc) is 3.26. The van der Waals surface area contributed by atoms with Crippen molar-refractivity contribution in [1.82, 2.24) is 19.4 Å². The van der Waals surface area contributed by atoms with Gasteiger partial charge in [0.1, 0.15) is 0 Å². The molecule has 30 heavy (non-hydrogen) atoms. The van der Waals surface area contributed by atoms with Crippen molar-refractivity contribution < 1.29 is 13.2 Å². The first-order valence-corrected chi connectivity index (χ1v) is 11.4. The normalized spacial score (nSPS) is 16.7. The number of nitrogens with zero attached hydrogens (tertiary/aromatic N) is 3. The van der Waals surface area contributed by atoms with E-state index in [0.29, 0.717) is 44.6 Å². The van der Waals surface area contributed by atoms with Crippen LogP contribution in [-0.4, -0.2) is 46.8 Å². The fourth-order valence-corrected chi connectivity index (χ4v) is 5.66. The molecular formula is C22H22N4O3S. The number of fused-ring (bicyclic) bond motifs is 2. The molecule has 7 nitrogen and oxygen atoms in total. The van der Waals surface area contributed by atoms with E-state index in [1.807, 2.05) is 24.3 Å². The number of aromatic nitrogens is 2. The Kier molecular flexibility index (Phi) is 4.67. The Balaban J connectivity index is 1.39. The summed E-state index contributed by atoms with van der Waals surface area (Å²) in [6, 6.07) is 14.3. The van der Waals surface area contributed by atoms with Gasteiger partial charge in [-0.25, -0.2) is 8.42 Å². The van der Waals surface area contributed by atoms with Crippen LogP contribution in [0.25, 0.3) is 0 Å². The van der Waals surface area contributed by atoms with Crippen molar-refractivity contribution in [2.24, 2.45) is 0 Å². The molecule has 5 rings (SSSR count). The Labute approximate surface area is 175 Å². The smallest absolute Gasteiger partial charge is 0.254 e. The third-order valence-electron chi connectivity index (χ3n) is 5.90. The van der Waals surface area contributed by atoms with Crippen molar-refractivity contribution in [2.75, 3.05) is 13.1 Å². The van der Waals surface area contributed by atoms with Crippen LogP contribution >= 0.6 is 0 Å². The number of nitrogens with one attached hydrogen (secondary N) is 1. The molecule has 3 aromatic rings. The Bertz CT molecular complexity index is 1220. The number of benzene rings is 2. The number of rotatable bonds is 3. The fraction of sp³-hybridized carbons (Fsp3) is 0.273. The highest BCUT2D eigenvalue weighted by Gasteiger charge is 2.29. The standard InChI is InChI=1S/C22H22N4O3S/c27-22(25-10-9-21-19(14-25)13-23-24-21)17-6-3-7-20(12-17)30(28,29)26-11-8-16-4-1-2-5-18(16)15-26/h1-7,12-13H,8-11,14-15H2,(H,23,24). The first kappa shape index (κ1) is 19.0. The summed E-state index contributed by atoms with van der Waals surface area (Å²) in [5.74, 6) is -0.164. The van der Waals surface area contributed by atoms with Gasteiger partial charge in [0.05, 0.1) is 11.1 Å². The van der Waals surface area contributed by atoms with Gasteiger partial charge in [-0.1, -0.05) is 30.3 Å². The van der Waals surface area contributed by atoms with Crippen LogP contribution in [0, 0.1) is 0 Å². The van der Waals surface area contributed by atoms with Crippen molar-refractivity contribution >= 4 is 15.9 Å². The van der Waals surface area contributed by atoms with Crippen LogP contribution < -0.4 is 0 Å². The van der Waals surface area contributed by atoms with E-state index in [2.05, 4.69) is 10.2 Å². The van der Waals surface area contributed by atoms with Crippen molar-refractivity contribution in [3.8, 4) is 0 Å². The Morgan fingerprint density at radius 3 is 2.63 bits per heavy atom. The molecule has 0 saturated heterocycles. The van der Waals surface area contributed by atoms with Crippen molar-refractivity contribution in [1.29, 1.82) is 0 Å². The second-order valence-corrected chi connectivity index (χ2v) is 9.67. The van der Waals surface area contributed by atoms with Crippen LogP contribution in [0.3, 0.4) is 0 Å². The predicted molar refractivity (Wildman–Crippen MR) is 111 cm³/mol. The lowest BCUT2D eigenvalue weighted by molar-refractivity contribution is 0.0734. The van der Waals surface area contributed by atoms with E-state index >= 15 is 0 Å². The number of sulfonamides is 1. The van der Waals surface area contributed by atoms with Crippen molar-refractivity contribution in [3.05, 3.63) is 82.7 Å². The molecule has 0 spiro atoms. The number of hydrogen-bond donors (Lipinski definition) is 1. The lowest BCUT2D eigenvalue weighted by Gasteiger charge is -2.29. The minimum Gasteiger partial charge on any atom is -0.334 e. The quantitative estimate of drug-likeness (QED) is 0.702. The summed E-state index contributed by atoms with van der Waals surface area (Å²) in [6.45, 7) is 1.84. The van der Waals surface area contributed by atoms with Gasteiger partial charge in [0.2, 0.25) is 10.0 Å². The van der Waals surface area contributed by atoms with Crippen LogP contribution in [0.4, 0.5) is 0 Å².